The van der Waals surface area contributed by atoms with E-state index in [1.807, 2.05) is 25.1 Å². The lowest BCUT2D eigenvalue weighted by atomic mass is 9.55. The first-order chi connectivity index (χ1) is 25.1. The number of nitrogens with one attached hydrogen (secondary N) is 1. The molecule has 0 bridgehead atoms. The lowest BCUT2D eigenvalue weighted by molar-refractivity contribution is -0.136. The van der Waals surface area contributed by atoms with Gasteiger partial charge in [0, 0.05) is 30.5 Å². The van der Waals surface area contributed by atoms with E-state index in [1.54, 1.807) is 18.2 Å². The number of alkyl halides is 2. The number of phosphoric acid groups is 1. The molecule has 0 saturated heterocycles. The average Bonchev–Trinajstić information content (AvgIpc) is 3.41. The molecule has 3 aromatic carbocycles. The van der Waals surface area contributed by atoms with Gasteiger partial charge in [-0.05, 0) is 116 Å². The fraction of sp³-hybridized carbons (Fsp3) is 0.474. The monoisotopic (exact) mass is 812 g/mol. The summed E-state index contributed by atoms with van der Waals surface area (Å²) in [7, 11) is -4.50. The fourth-order valence-electron chi connectivity index (χ4n) is 8.48. The van der Waals surface area contributed by atoms with Gasteiger partial charge in [0.05, 0.1) is 23.2 Å². The maximum Gasteiger partial charge on any atom is 0.469 e. The Labute approximate surface area is 324 Å². The third kappa shape index (κ3) is 10.1. The summed E-state index contributed by atoms with van der Waals surface area (Å²) in [6, 6.07) is 15.6. The molecule has 0 spiro atoms. The predicted molar refractivity (Wildman–Crippen MR) is 204 cm³/mol. The molecule has 2 fully saturated rings. The lowest BCUT2D eigenvalue weighted by Gasteiger charge is -2.50. The second-order valence-corrected chi connectivity index (χ2v) is 16.5. The molecule has 0 aromatic heterocycles. The predicted octanol–water partition coefficient (Wildman–Crippen LogP) is 9.46. The molecule has 6 rings (SSSR count). The molecular weight excluding hydrogens is 769 g/mol. The molecule has 0 heterocycles. The Bertz CT molecular complexity index is 1820. The van der Waals surface area contributed by atoms with E-state index in [2.05, 4.69) is 18.3 Å². The number of halogens is 4. The number of phosphoric ester groups is 1. The zero-order valence-electron chi connectivity index (χ0n) is 29.6. The van der Waals surface area contributed by atoms with E-state index in [-0.39, 0.29) is 22.5 Å². The number of para-hydroxylation sites is 1. The maximum absolute atomic E-state index is 13.7. The standard InChI is InChI=1S/C23H32Cl2NO6P.C15H13ClFNO2/c1-23-9-8-18-17-5-3-16(31-22(27)26(12-10-24)13-11-25)14-15(17)2-4-19(18)20(23)6-7-21(23)32-33(28,29)30;1-9-5-6-13(10(7-9)8-14(19)20)18-15-11(16)3-2-4-12(15)17/h3,5,14,18-21H,2,4,6-13H2,1H3,(H2,28,29,30);2-7,18H,8H2,1H3,(H,19,20)/t18-,19-,20+,21+,23+;/m1./s1. The summed E-state index contributed by atoms with van der Waals surface area (Å²) in [4.78, 5) is 43.6. The molecule has 15 heteroatoms. The number of aliphatic carboxylic acids is 1. The van der Waals surface area contributed by atoms with Crippen molar-refractivity contribution in [2.45, 2.75) is 70.8 Å². The molecule has 5 atom stereocenters. The highest BCUT2D eigenvalue weighted by atomic mass is 35.5. The van der Waals surface area contributed by atoms with Crippen molar-refractivity contribution in [2.75, 3.05) is 30.2 Å². The molecule has 10 nitrogen and oxygen atoms in total. The smallest absolute Gasteiger partial charge is 0.469 e. The number of hydrogen-bond donors (Lipinski definition) is 4. The quantitative estimate of drug-likeness (QED) is 0.110. The summed E-state index contributed by atoms with van der Waals surface area (Å²) in [6.45, 7) is 4.78. The van der Waals surface area contributed by atoms with Crippen LogP contribution in [-0.4, -0.2) is 62.8 Å². The Morgan fingerprint density at radius 3 is 2.43 bits per heavy atom. The minimum absolute atomic E-state index is 0.143. The molecule has 3 aliphatic rings. The number of aryl methyl sites for hydroxylation is 2. The van der Waals surface area contributed by atoms with Crippen molar-refractivity contribution in [1.82, 2.24) is 4.90 Å². The first kappa shape index (κ1) is 41.3. The highest BCUT2D eigenvalue weighted by Crippen LogP contribution is 2.63. The second kappa shape index (κ2) is 17.7. The Morgan fingerprint density at radius 1 is 1.04 bits per heavy atom. The van der Waals surface area contributed by atoms with Crippen LogP contribution in [0.5, 0.6) is 5.75 Å². The minimum Gasteiger partial charge on any atom is -0.481 e. The fourth-order valence-corrected chi connectivity index (χ4v) is 9.78. The van der Waals surface area contributed by atoms with Gasteiger partial charge in [0.15, 0.2) is 0 Å². The Balaban J connectivity index is 0.000000231. The maximum atomic E-state index is 13.7. The summed E-state index contributed by atoms with van der Waals surface area (Å²) in [6.07, 6.45) is 4.40. The van der Waals surface area contributed by atoms with Gasteiger partial charge in [-0.15, -0.1) is 23.2 Å². The van der Waals surface area contributed by atoms with Crippen molar-refractivity contribution in [3.63, 3.8) is 0 Å². The topological polar surface area (TPSA) is 146 Å². The molecule has 3 aromatic rings. The van der Waals surface area contributed by atoms with Crippen LogP contribution in [0, 0.1) is 30.0 Å². The van der Waals surface area contributed by atoms with Crippen molar-refractivity contribution in [1.29, 1.82) is 0 Å². The first-order valence-electron chi connectivity index (χ1n) is 17.6. The summed E-state index contributed by atoms with van der Waals surface area (Å²) in [5, 5.41) is 12.0. The molecule has 2 saturated carbocycles. The van der Waals surface area contributed by atoms with E-state index in [0.29, 0.717) is 66.0 Å². The number of fused-ring (bicyclic) bond motifs is 5. The number of amides is 1. The number of carboxylic acids is 1. The number of carbonyl (C=O) groups is 2. The van der Waals surface area contributed by atoms with Crippen LogP contribution in [-0.2, 0) is 26.7 Å². The van der Waals surface area contributed by atoms with Gasteiger partial charge in [-0.2, -0.15) is 0 Å². The summed E-state index contributed by atoms with van der Waals surface area (Å²) < 4.78 is 36.1. The van der Waals surface area contributed by atoms with Crippen molar-refractivity contribution < 1.29 is 42.7 Å². The van der Waals surface area contributed by atoms with Crippen molar-refractivity contribution in [3.05, 3.63) is 87.7 Å². The van der Waals surface area contributed by atoms with Gasteiger partial charge < -0.3 is 29.8 Å². The van der Waals surface area contributed by atoms with Gasteiger partial charge in [0.25, 0.3) is 0 Å². The largest absolute Gasteiger partial charge is 0.481 e. The number of carbonyl (C=O) groups excluding carboxylic acids is 1. The number of benzene rings is 3. The van der Waals surface area contributed by atoms with Crippen LogP contribution in [0.25, 0.3) is 0 Å². The van der Waals surface area contributed by atoms with Gasteiger partial charge in [-0.1, -0.05) is 48.4 Å². The van der Waals surface area contributed by atoms with E-state index in [1.165, 1.54) is 28.2 Å². The third-order valence-corrected chi connectivity index (χ3v) is 12.1. The third-order valence-electron chi connectivity index (χ3n) is 10.9. The van der Waals surface area contributed by atoms with Crippen molar-refractivity contribution in [2.24, 2.45) is 17.3 Å². The molecule has 1 amide bonds. The number of nitrogens with zero attached hydrogens (tertiary/aromatic N) is 1. The minimum atomic E-state index is -4.50. The Hall–Kier alpha value is -2.89. The van der Waals surface area contributed by atoms with Crippen molar-refractivity contribution in [3.8, 4) is 5.75 Å². The zero-order valence-corrected chi connectivity index (χ0v) is 32.7. The Kier molecular flexibility index (Phi) is 13.8. The zero-order chi connectivity index (χ0) is 38.5. The summed E-state index contributed by atoms with van der Waals surface area (Å²) in [5.41, 5.74) is 4.51. The molecule has 0 unspecified atom stereocenters. The van der Waals surface area contributed by atoms with Gasteiger partial charge in [0.1, 0.15) is 11.6 Å². The lowest BCUT2D eigenvalue weighted by Crippen LogP contribution is -2.44. The SMILES string of the molecule is C[C@]12CC[C@@H]3c4ccc(OC(=O)N(CCCl)CCCl)cc4CC[C@H]3[C@@H]1CC[C@@H]2OP(=O)(O)O.Cc1ccc(Nc2c(F)cccc2Cl)c(CC(=O)O)c1. The molecule has 0 radical (unpaired) electrons. The van der Waals surface area contributed by atoms with Crippen LogP contribution in [0.1, 0.15) is 67.2 Å². The van der Waals surface area contributed by atoms with Gasteiger partial charge in [-0.25, -0.2) is 13.8 Å². The molecule has 288 valence electrons. The summed E-state index contributed by atoms with van der Waals surface area (Å²) in [5.74, 6) is 1.00. The molecule has 53 heavy (non-hydrogen) atoms. The van der Waals surface area contributed by atoms with Crippen LogP contribution in [0.15, 0.2) is 54.6 Å². The number of rotatable bonds is 11. The summed E-state index contributed by atoms with van der Waals surface area (Å²) >= 11 is 17.5. The Morgan fingerprint density at radius 2 is 1.77 bits per heavy atom. The average molecular weight is 814 g/mol. The van der Waals surface area contributed by atoms with Crippen molar-refractivity contribution >= 4 is 66.1 Å². The van der Waals surface area contributed by atoms with Crippen LogP contribution >= 0.6 is 42.6 Å². The molecule has 3 aliphatic carbocycles. The van der Waals surface area contributed by atoms with E-state index in [9.17, 15) is 28.3 Å². The van der Waals surface area contributed by atoms with Crippen LogP contribution in [0.4, 0.5) is 20.6 Å². The number of anilines is 2. The second-order valence-electron chi connectivity index (χ2n) is 14.2. The number of hydrogen-bond acceptors (Lipinski definition) is 6. The van der Waals surface area contributed by atoms with Gasteiger partial charge >= 0.3 is 19.9 Å². The van der Waals surface area contributed by atoms with E-state index >= 15 is 0 Å². The number of carboxylic acid groups (broad SMARTS) is 1. The number of ether oxygens (including phenoxy) is 1. The van der Waals surface area contributed by atoms with Crippen LogP contribution < -0.4 is 10.1 Å². The van der Waals surface area contributed by atoms with Gasteiger partial charge in [0.2, 0.25) is 0 Å². The van der Waals surface area contributed by atoms with E-state index < -0.39 is 31.8 Å². The molecule has 0 aliphatic heterocycles. The van der Waals surface area contributed by atoms with Crippen LogP contribution in [0.3, 0.4) is 0 Å². The highest BCUT2D eigenvalue weighted by molar-refractivity contribution is 7.46. The van der Waals surface area contributed by atoms with E-state index in [0.717, 1.165) is 37.7 Å². The highest BCUT2D eigenvalue weighted by Gasteiger charge is 2.56. The van der Waals surface area contributed by atoms with Crippen LogP contribution in [0.2, 0.25) is 5.02 Å². The normalized spacial score (nSPS) is 23.1. The van der Waals surface area contributed by atoms with Gasteiger partial charge in [-0.3, -0.25) is 9.32 Å². The van der Waals surface area contributed by atoms with E-state index in [4.69, 9.17) is 49.2 Å². The molecular formula is C38H45Cl3FN2O8P. The first-order valence-corrected chi connectivity index (χ1v) is 20.6. The molecule has 4 N–H and O–H groups in total.